The average molecular weight is 266 g/mol. The minimum absolute atomic E-state index is 0.368. The van der Waals surface area contributed by atoms with Gasteiger partial charge in [-0.15, -0.1) is 0 Å². The van der Waals surface area contributed by atoms with Gasteiger partial charge in [-0.05, 0) is 69.9 Å². The van der Waals surface area contributed by atoms with Gasteiger partial charge in [0.25, 0.3) is 0 Å². The SMILES string of the molecule is CC(C)C(N)CCN(C)C1CCC2(CCCC2)CC1. The molecule has 0 aromatic heterocycles. The van der Waals surface area contributed by atoms with Crippen LogP contribution in [0.15, 0.2) is 0 Å². The van der Waals surface area contributed by atoms with Gasteiger partial charge in [0.1, 0.15) is 0 Å². The molecule has 0 bridgehead atoms. The molecule has 0 radical (unpaired) electrons. The van der Waals surface area contributed by atoms with Crippen LogP contribution in [0, 0.1) is 11.3 Å². The van der Waals surface area contributed by atoms with E-state index in [2.05, 4.69) is 25.8 Å². The Labute approximate surface area is 120 Å². The minimum Gasteiger partial charge on any atom is -0.327 e. The smallest absolute Gasteiger partial charge is 0.00926 e. The molecule has 1 unspecified atom stereocenters. The van der Waals surface area contributed by atoms with E-state index in [1.807, 2.05) is 0 Å². The molecule has 2 heteroatoms. The zero-order valence-electron chi connectivity index (χ0n) is 13.3. The summed E-state index contributed by atoms with van der Waals surface area (Å²) in [6.07, 6.45) is 13.0. The second kappa shape index (κ2) is 6.58. The van der Waals surface area contributed by atoms with Crippen molar-refractivity contribution in [1.82, 2.24) is 4.90 Å². The summed E-state index contributed by atoms with van der Waals surface area (Å²) in [6.45, 7) is 5.64. The summed E-state index contributed by atoms with van der Waals surface area (Å²) in [7, 11) is 2.31. The molecule has 2 nitrogen and oxygen atoms in total. The number of rotatable bonds is 5. The molecule has 19 heavy (non-hydrogen) atoms. The number of hydrogen-bond acceptors (Lipinski definition) is 2. The molecule has 0 aliphatic heterocycles. The van der Waals surface area contributed by atoms with Crippen molar-refractivity contribution in [1.29, 1.82) is 0 Å². The standard InChI is InChI=1S/C17H34N2/c1-14(2)16(18)8-13-19(3)15-6-11-17(12-7-15)9-4-5-10-17/h14-16H,4-13,18H2,1-3H3. The molecule has 2 saturated carbocycles. The first-order valence-corrected chi connectivity index (χ1v) is 8.48. The second-order valence-electron chi connectivity index (χ2n) is 7.62. The van der Waals surface area contributed by atoms with E-state index in [-0.39, 0.29) is 0 Å². The lowest BCUT2D eigenvalue weighted by atomic mass is 9.71. The summed E-state index contributed by atoms with van der Waals surface area (Å²) in [5.41, 5.74) is 6.93. The lowest BCUT2D eigenvalue weighted by molar-refractivity contribution is 0.105. The summed E-state index contributed by atoms with van der Waals surface area (Å²) in [5, 5.41) is 0. The molecular weight excluding hydrogens is 232 g/mol. The Morgan fingerprint density at radius 3 is 2.21 bits per heavy atom. The monoisotopic (exact) mass is 266 g/mol. The number of hydrogen-bond donors (Lipinski definition) is 1. The Hall–Kier alpha value is -0.0800. The Morgan fingerprint density at radius 1 is 1.11 bits per heavy atom. The summed E-state index contributed by atoms with van der Waals surface area (Å²) in [4.78, 5) is 2.59. The Balaban J connectivity index is 1.71. The van der Waals surface area contributed by atoms with E-state index < -0.39 is 0 Å². The molecule has 2 fully saturated rings. The van der Waals surface area contributed by atoms with Gasteiger partial charge in [0, 0.05) is 12.1 Å². The van der Waals surface area contributed by atoms with E-state index in [4.69, 9.17) is 5.73 Å². The first-order chi connectivity index (χ1) is 9.02. The maximum atomic E-state index is 6.16. The van der Waals surface area contributed by atoms with E-state index in [9.17, 15) is 0 Å². The highest BCUT2D eigenvalue weighted by molar-refractivity contribution is 4.91. The van der Waals surface area contributed by atoms with Gasteiger partial charge in [0.05, 0.1) is 0 Å². The fraction of sp³-hybridized carbons (Fsp3) is 1.00. The normalized spacial score (nSPS) is 25.6. The summed E-state index contributed by atoms with van der Waals surface area (Å²) in [6, 6.07) is 1.19. The highest BCUT2D eigenvalue weighted by atomic mass is 15.1. The average Bonchev–Trinajstić information content (AvgIpc) is 2.84. The van der Waals surface area contributed by atoms with Gasteiger partial charge < -0.3 is 10.6 Å². The molecule has 2 aliphatic carbocycles. The van der Waals surface area contributed by atoms with Gasteiger partial charge in [0.15, 0.2) is 0 Å². The highest BCUT2D eigenvalue weighted by Crippen LogP contribution is 2.49. The molecule has 2 N–H and O–H groups in total. The highest BCUT2D eigenvalue weighted by Gasteiger charge is 2.38. The zero-order valence-corrected chi connectivity index (χ0v) is 13.3. The van der Waals surface area contributed by atoms with E-state index >= 15 is 0 Å². The quantitative estimate of drug-likeness (QED) is 0.820. The molecule has 0 heterocycles. The molecule has 0 saturated heterocycles. The van der Waals surface area contributed by atoms with E-state index in [0.717, 1.165) is 17.9 Å². The van der Waals surface area contributed by atoms with Crippen LogP contribution in [0.25, 0.3) is 0 Å². The minimum atomic E-state index is 0.368. The Morgan fingerprint density at radius 2 is 1.68 bits per heavy atom. The molecule has 2 aliphatic rings. The van der Waals surface area contributed by atoms with Crippen molar-refractivity contribution in [2.45, 2.75) is 83.7 Å². The zero-order chi connectivity index (χ0) is 13.9. The summed E-state index contributed by atoms with van der Waals surface area (Å²) in [5.74, 6) is 0.613. The summed E-state index contributed by atoms with van der Waals surface area (Å²) >= 11 is 0. The largest absolute Gasteiger partial charge is 0.327 e. The van der Waals surface area contributed by atoms with Crippen molar-refractivity contribution in [3.63, 3.8) is 0 Å². The van der Waals surface area contributed by atoms with Crippen molar-refractivity contribution in [2.24, 2.45) is 17.1 Å². The Bertz CT molecular complexity index is 258. The fourth-order valence-corrected chi connectivity index (χ4v) is 4.15. The first kappa shape index (κ1) is 15.3. The molecule has 2 rings (SSSR count). The van der Waals surface area contributed by atoms with E-state index in [0.29, 0.717) is 12.0 Å². The van der Waals surface area contributed by atoms with Gasteiger partial charge in [-0.3, -0.25) is 0 Å². The molecule has 0 aromatic carbocycles. The van der Waals surface area contributed by atoms with Crippen LogP contribution in [0.1, 0.15) is 71.6 Å². The lowest BCUT2D eigenvalue weighted by Gasteiger charge is -2.41. The molecule has 1 spiro atoms. The topological polar surface area (TPSA) is 29.3 Å². The summed E-state index contributed by atoms with van der Waals surface area (Å²) < 4.78 is 0. The maximum Gasteiger partial charge on any atom is 0.00926 e. The second-order valence-corrected chi connectivity index (χ2v) is 7.62. The van der Waals surface area contributed by atoms with Crippen molar-refractivity contribution in [3.05, 3.63) is 0 Å². The molecule has 1 atom stereocenters. The molecular formula is C17H34N2. The van der Waals surface area contributed by atoms with Crippen LogP contribution in [0.4, 0.5) is 0 Å². The number of nitrogens with two attached hydrogens (primary N) is 1. The lowest BCUT2D eigenvalue weighted by Crippen LogP contribution is -2.40. The third-order valence-corrected chi connectivity index (χ3v) is 5.97. The van der Waals surface area contributed by atoms with Crippen LogP contribution >= 0.6 is 0 Å². The van der Waals surface area contributed by atoms with Crippen LogP contribution in [-0.2, 0) is 0 Å². The predicted molar refractivity (Wildman–Crippen MR) is 83.2 cm³/mol. The predicted octanol–water partition coefficient (Wildman–Crippen LogP) is 3.79. The van der Waals surface area contributed by atoms with Gasteiger partial charge in [-0.2, -0.15) is 0 Å². The van der Waals surface area contributed by atoms with E-state index in [1.165, 1.54) is 57.9 Å². The fourth-order valence-electron chi connectivity index (χ4n) is 4.15. The first-order valence-electron chi connectivity index (χ1n) is 8.48. The van der Waals surface area contributed by atoms with Gasteiger partial charge >= 0.3 is 0 Å². The van der Waals surface area contributed by atoms with Crippen LogP contribution < -0.4 is 5.73 Å². The maximum absolute atomic E-state index is 6.16. The van der Waals surface area contributed by atoms with Crippen LogP contribution in [0.3, 0.4) is 0 Å². The third-order valence-electron chi connectivity index (χ3n) is 5.97. The van der Waals surface area contributed by atoms with Crippen molar-refractivity contribution in [2.75, 3.05) is 13.6 Å². The van der Waals surface area contributed by atoms with Gasteiger partial charge in [0.2, 0.25) is 0 Å². The van der Waals surface area contributed by atoms with Crippen LogP contribution in [0.5, 0.6) is 0 Å². The van der Waals surface area contributed by atoms with Crippen LogP contribution in [-0.4, -0.2) is 30.6 Å². The van der Waals surface area contributed by atoms with E-state index in [1.54, 1.807) is 0 Å². The van der Waals surface area contributed by atoms with Crippen molar-refractivity contribution in [3.8, 4) is 0 Å². The molecule has 0 aromatic rings. The van der Waals surface area contributed by atoms with Crippen LogP contribution in [0.2, 0.25) is 0 Å². The van der Waals surface area contributed by atoms with Crippen molar-refractivity contribution < 1.29 is 0 Å². The molecule has 0 amide bonds. The number of nitrogens with zero attached hydrogens (tertiary/aromatic N) is 1. The molecule has 112 valence electrons. The van der Waals surface area contributed by atoms with Crippen molar-refractivity contribution >= 4 is 0 Å². The van der Waals surface area contributed by atoms with Gasteiger partial charge in [-0.25, -0.2) is 0 Å². The Kier molecular flexibility index (Phi) is 5.30. The van der Waals surface area contributed by atoms with Gasteiger partial charge in [-0.1, -0.05) is 26.7 Å². The third kappa shape index (κ3) is 3.95.